The number of halogens is 2. The quantitative estimate of drug-likeness (QED) is 0.141. The molecule has 5 heterocycles. The van der Waals surface area contributed by atoms with Crippen LogP contribution >= 0.6 is 15.9 Å². The molecule has 13 heteroatoms. The van der Waals surface area contributed by atoms with Crippen molar-refractivity contribution in [2.45, 2.75) is 95.3 Å². The summed E-state index contributed by atoms with van der Waals surface area (Å²) in [6.07, 6.45) is 14.6. The number of primary amides is 1. The summed E-state index contributed by atoms with van der Waals surface area (Å²) < 4.78 is 27.4. The second kappa shape index (κ2) is 25.0. The molecule has 324 valence electrons. The summed E-state index contributed by atoms with van der Waals surface area (Å²) in [6.45, 7) is 10.5. The van der Waals surface area contributed by atoms with E-state index in [1.54, 1.807) is 18.3 Å². The molecule has 2 aromatic heterocycles. The van der Waals surface area contributed by atoms with Crippen molar-refractivity contribution in [2.24, 2.45) is 17.6 Å². The Balaban J connectivity index is 0.000000218. The molecule has 61 heavy (non-hydrogen) atoms. The average molecular weight is 911 g/mol. The number of piperidine rings is 2. The number of likely N-dealkylation sites (tertiary alicyclic amines) is 2. The smallest absolute Gasteiger partial charge is 1.00 e. The van der Waals surface area contributed by atoms with Gasteiger partial charge < -0.3 is 31.3 Å². The van der Waals surface area contributed by atoms with Gasteiger partial charge in [0.2, 0.25) is 17.7 Å². The van der Waals surface area contributed by atoms with Crippen LogP contribution in [0.25, 0.3) is 0 Å². The van der Waals surface area contributed by atoms with E-state index in [0.717, 1.165) is 75.4 Å². The fourth-order valence-electron chi connectivity index (χ4n) is 7.96. The maximum Gasteiger partial charge on any atom is 1.00 e. The number of carbonyl (C=O) groups excluding carboxylic acids is 2. The molecule has 5 aliphatic rings. The minimum Gasteiger partial charge on any atom is -1.00 e. The van der Waals surface area contributed by atoms with Gasteiger partial charge in [-0.25, -0.2) is 9.97 Å². The molecule has 2 amide bonds. The van der Waals surface area contributed by atoms with Gasteiger partial charge in [-0.1, -0.05) is 71.4 Å². The molecule has 2 N–H and O–H groups in total. The number of fused-ring (bicyclic) bond motifs is 1. The van der Waals surface area contributed by atoms with Crippen LogP contribution in [0.3, 0.4) is 0 Å². The molecule has 10 nitrogen and oxygen atoms in total. The third-order valence-electron chi connectivity index (χ3n) is 11.8. The molecule has 4 aromatic rings. The second-order valence-electron chi connectivity index (χ2n) is 16.4. The predicted molar refractivity (Wildman–Crippen MR) is 239 cm³/mol. The van der Waals surface area contributed by atoms with E-state index in [-0.39, 0.29) is 49.1 Å². The zero-order valence-corrected chi connectivity index (χ0v) is 39.6. The van der Waals surface area contributed by atoms with Crippen LogP contribution in [0.5, 0.6) is 11.8 Å². The molecular formula is C48H63BrFN6NaO4. The first-order valence-electron chi connectivity index (χ1n) is 22.3. The van der Waals surface area contributed by atoms with Crippen molar-refractivity contribution in [3.63, 3.8) is 0 Å². The van der Waals surface area contributed by atoms with Crippen molar-refractivity contribution in [3.05, 3.63) is 119 Å². The third kappa shape index (κ3) is 15.4. The number of rotatable bonds is 12. The summed E-state index contributed by atoms with van der Waals surface area (Å²) in [5.74, 6) is 2.68. The number of hydrogen-bond donors (Lipinski definition) is 1. The number of nitrogens with zero attached hydrogens (tertiary/aromatic N) is 5. The molecule has 2 aliphatic carbocycles. The largest absolute Gasteiger partial charge is 1.00 e. The number of pyridine rings is 2. The first kappa shape index (κ1) is 47.1. The molecule has 0 bridgehead atoms. The minimum absolute atomic E-state index is 0. The number of carbonyl (C=O) groups is 2. The van der Waals surface area contributed by atoms with Gasteiger partial charge in [-0.3, -0.25) is 14.0 Å². The van der Waals surface area contributed by atoms with Crippen LogP contribution < -0.4 is 44.8 Å². The molecule has 0 spiro atoms. The van der Waals surface area contributed by atoms with Crippen molar-refractivity contribution < 1.29 is 55.8 Å². The maximum atomic E-state index is 12.8. The van der Waals surface area contributed by atoms with Crippen LogP contribution in [0.15, 0.2) is 85.2 Å². The van der Waals surface area contributed by atoms with E-state index in [4.69, 9.17) is 16.6 Å². The Morgan fingerprint density at radius 2 is 1.18 bits per heavy atom. The number of aryl methyl sites for hydroxylation is 1. The zero-order valence-electron chi connectivity index (χ0n) is 38.0. The topological polar surface area (TPSA) is 114 Å². The number of nitrogens with two attached hydrogens (primary N) is 1. The summed E-state index contributed by atoms with van der Waals surface area (Å²) in [5, 5.41) is 0.969. The molecule has 2 aromatic carbocycles. The Morgan fingerprint density at radius 1 is 0.738 bits per heavy atom. The number of aromatic nitrogens is 2. The normalized spacial score (nSPS) is 18.0. The number of amides is 2. The first-order valence-corrected chi connectivity index (χ1v) is 22.7. The summed E-state index contributed by atoms with van der Waals surface area (Å²) in [7, 11) is -1.00. The van der Waals surface area contributed by atoms with Crippen molar-refractivity contribution in [1.29, 1.82) is 0 Å². The first-order chi connectivity index (χ1) is 29.7. The van der Waals surface area contributed by atoms with Gasteiger partial charge in [0.25, 0.3) is 5.91 Å². The summed E-state index contributed by atoms with van der Waals surface area (Å²) >= 11 is 3.45. The number of ether oxygens (including phenoxy) is 2. The maximum absolute atomic E-state index is 12.8. The summed E-state index contributed by atoms with van der Waals surface area (Å²) in [6, 6.07) is 23.8. The summed E-state index contributed by atoms with van der Waals surface area (Å²) in [5.41, 5.74) is 11.5. The molecule has 2 saturated carbocycles. The van der Waals surface area contributed by atoms with Crippen molar-refractivity contribution >= 4 is 27.7 Å². The minimum atomic E-state index is -1.00. The molecule has 9 rings (SSSR count). The van der Waals surface area contributed by atoms with E-state index in [2.05, 4.69) is 79.0 Å². The molecular weight excluding hydrogens is 846 g/mol. The number of alkyl halides is 2. The van der Waals surface area contributed by atoms with E-state index < -0.39 is 13.1 Å². The average Bonchev–Trinajstić information content (AvgIpc) is 4.24. The Kier molecular flexibility index (Phi) is 19.3. The van der Waals surface area contributed by atoms with Gasteiger partial charge >= 0.3 is 29.6 Å². The van der Waals surface area contributed by atoms with Crippen LogP contribution in [0.4, 0.5) is 4.39 Å². The third-order valence-corrected chi connectivity index (χ3v) is 12.5. The van der Waals surface area contributed by atoms with E-state index in [9.17, 15) is 14.0 Å². The van der Waals surface area contributed by atoms with E-state index in [1.165, 1.54) is 67.2 Å². The van der Waals surface area contributed by atoms with Crippen LogP contribution in [-0.4, -0.2) is 95.1 Å². The fraction of sp³-hybridized carbons (Fsp3) is 0.500. The molecule has 0 radical (unpaired) electrons. The van der Waals surface area contributed by atoms with Gasteiger partial charge in [-0.2, -0.15) is 0 Å². The number of hydrogen-bond acceptors (Lipinski definition) is 8. The van der Waals surface area contributed by atoms with Crippen LogP contribution in [-0.2, 0) is 24.8 Å². The summed E-state index contributed by atoms with van der Waals surface area (Å²) in [4.78, 5) is 39.3. The van der Waals surface area contributed by atoms with Crippen molar-refractivity contribution in [2.75, 3.05) is 46.4 Å². The van der Waals surface area contributed by atoms with E-state index in [1.807, 2.05) is 29.2 Å². The van der Waals surface area contributed by atoms with Gasteiger partial charge in [-0.05, 0) is 104 Å². The Morgan fingerprint density at radius 3 is 1.56 bits per heavy atom. The molecule has 0 atom stereocenters. The monoisotopic (exact) mass is 909 g/mol. The molecule has 0 unspecified atom stereocenters. The molecule has 4 fully saturated rings. The SMILES string of the molecule is CCc1ccccc1CBr.NC(=O)c1ccc(OC2CCN(CC3CC3)CC2)nc1.O=C(c1ccc(OC2CCN(CC3CC3)CC2)nc1)N1Cc2ccccc2C1.[2H]CF.[H-].[Na+]. The van der Waals surface area contributed by atoms with Gasteiger partial charge in [-0.15, -0.1) is 0 Å². The van der Waals surface area contributed by atoms with Gasteiger partial charge in [0.15, 0.2) is 0 Å². The Hall–Kier alpha value is -3.39. The van der Waals surface area contributed by atoms with E-state index in [0.29, 0.717) is 36.0 Å². The van der Waals surface area contributed by atoms with Crippen molar-refractivity contribution in [3.8, 4) is 11.8 Å². The Labute approximate surface area is 395 Å². The van der Waals surface area contributed by atoms with Gasteiger partial charge in [0.1, 0.15) is 12.2 Å². The van der Waals surface area contributed by atoms with E-state index >= 15 is 0 Å². The predicted octanol–water partition coefficient (Wildman–Crippen LogP) is 5.77. The number of benzene rings is 2. The molecule has 2 saturated heterocycles. The Bertz CT molecular complexity index is 1920. The molecule has 3 aliphatic heterocycles. The van der Waals surface area contributed by atoms with Crippen LogP contribution in [0, 0.1) is 11.8 Å². The van der Waals surface area contributed by atoms with Gasteiger partial charge in [0, 0.05) is 82.2 Å². The standard InChI is InChI=1S/C23H27N3O2.C15H21N3O2.C9H11Br.CH3F.Na.H/c27-23(26-15-19-3-1-2-4-20(19)16-26)18-7-8-22(24-13-18)28-21-9-11-25(12-10-21)14-17-5-6-17;16-15(19)12-3-4-14(17-9-12)20-13-5-7-18(8-6-13)10-11-1-2-11;1-2-8-5-3-4-6-9(8)7-10;1-2;;/h1-4,7-8,13,17,21H,5-6,9-12,14-16H2;3-4,9,11,13H,1-2,5-8,10H2,(H2,16,19);3-6H,2,7H2,1H3;1H3;;/q;;;;+1;-1/i;;;1D;;. The van der Waals surface area contributed by atoms with Crippen LogP contribution in [0.1, 0.15) is 104 Å². The second-order valence-corrected chi connectivity index (χ2v) is 17.0. The van der Waals surface area contributed by atoms with Crippen LogP contribution in [0.2, 0.25) is 0 Å². The fourth-order valence-corrected chi connectivity index (χ4v) is 8.50. The van der Waals surface area contributed by atoms with Crippen molar-refractivity contribution in [1.82, 2.24) is 24.7 Å². The van der Waals surface area contributed by atoms with Gasteiger partial charge in [0.05, 0.1) is 19.7 Å². The zero-order chi connectivity index (χ0) is 43.0.